The molecule has 1 aliphatic rings. The highest BCUT2D eigenvalue weighted by Gasteiger charge is 2.44. The Kier molecular flexibility index (Phi) is 1.59. The molecule has 58 valence electrons. The maximum absolute atomic E-state index is 11.0. The van der Waals surface area contributed by atoms with E-state index in [0.29, 0.717) is 12.2 Å². The van der Waals surface area contributed by atoms with Crippen molar-refractivity contribution in [3.63, 3.8) is 0 Å². The molecule has 1 fully saturated rings. The molecule has 0 spiro atoms. The predicted octanol–water partition coefficient (Wildman–Crippen LogP) is 0.949. The molecule has 1 aliphatic carbocycles. The Morgan fingerprint density at radius 3 is 2.10 bits per heavy atom. The molecule has 2 atom stereocenters. The van der Waals surface area contributed by atoms with Crippen molar-refractivity contribution < 1.29 is 4.79 Å². The molecule has 2 nitrogen and oxygen atoms in total. The van der Waals surface area contributed by atoms with E-state index in [-0.39, 0.29) is 17.4 Å². The fourth-order valence-corrected chi connectivity index (χ4v) is 1.68. The van der Waals surface area contributed by atoms with Crippen molar-refractivity contribution in [1.29, 1.82) is 0 Å². The van der Waals surface area contributed by atoms with Crippen LogP contribution < -0.4 is 5.73 Å². The van der Waals surface area contributed by atoms with Crippen LogP contribution in [0.1, 0.15) is 27.2 Å². The molecule has 0 aliphatic heterocycles. The van der Waals surface area contributed by atoms with E-state index in [1.165, 1.54) is 0 Å². The molecule has 1 saturated carbocycles. The summed E-state index contributed by atoms with van der Waals surface area (Å²) >= 11 is 0. The van der Waals surface area contributed by atoms with Crippen molar-refractivity contribution in [2.75, 3.05) is 0 Å². The van der Waals surface area contributed by atoms with E-state index in [1.54, 1.807) is 0 Å². The molecule has 0 unspecified atom stereocenters. The molecule has 0 saturated heterocycles. The molecule has 0 radical (unpaired) electrons. The van der Waals surface area contributed by atoms with Gasteiger partial charge in [0.15, 0.2) is 0 Å². The third kappa shape index (κ3) is 1.08. The molecular weight excluding hydrogens is 126 g/mol. The van der Waals surface area contributed by atoms with E-state index in [0.717, 1.165) is 0 Å². The first-order valence-electron chi connectivity index (χ1n) is 3.71. The largest absolute Gasteiger partial charge is 0.327 e. The fraction of sp³-hybridized carbons (Fsp3) is 0.875. The molecule has 2 heteroatoms. The molecule has 0 aromatic heterocycles. The number of carbonyl (C=O) groups is 1. The standard InChI is InChI=1S/C8H15NO/c1-8(2,3)7-5(9)4-6(7)10/h5,7H,4,9H2,1-3H3/t5-,7+/m1/s1. The Bertz CT molecular complexity index is 157. The molecule has 0 aromatic rings. The zero-order valence-electron chi connectivity index (χ0n) is 6.85. The second-order valence-electron chi connectivity index (χ2n) is 4.18. The number of hydrogen-bond acceptors (Lipinski definition) is 2. The van der Waals surface area contributed by atoms with Gasteiger partial charge in [0, 0.05) is 18.4 Å². The molecule has 1 rings (SSSR count). The number of hydrogen-bond donors (Lipinski definition) is 1. The Balaban J connectivity index is 2.64. The van der Waals surface area contributed by atoms with Crippen LogP contribution in [-0.2, 0) is 4.79 Å². The monoisotopic (exact) mass is 141 g/mol. The first-order valence-corrected chi connectivity index (χ1v) is 3.71. The maximum atomic E-state index is 11.0. The van der Waals surface area contributed by atoms with Gasteiger partial charge in [-0.25, -0.2) is 0 Å². The smallest absolute Gasteiger partial charge is 0.139 e. The molecule has 0 bridgehead atoms. The van der Waals surface area contributed by atoms with E-state index >= 15 is 0 Å². The van der Waals surface area contributed by atoms with Crippen molar-refractivity contribution in [3.8, 4) is 0 Å². The maximum Gasteiger partial charge on any atom is 0.139 e. The predicted molar refractivity (Wildman–Crippen MR) is 40.5 cm³/mol. The van der Waals surface area contributed by atoms with Gasteiger partial charge < -0.3 is 5.73 Å². The van der Waals surface area contributed by atoms with Gasteiger partial charge in [-0.2, -0.15) is 0 Å². The first-order chi connectivity index (χ1) is 4.43. The highest BCUT2D eigenvalue weighted by molar-refractivity contribution is 5.89. The second-order valence-corrected chi connectivity index (χ2v) is 4.18. The summed E-state index contributed by atoms with van der Waals surface area (Å²) in [5, 5.41) is 0. The molecule has 0 aromatic carbocycles. The van der Waals surface area contributed by atoms with Crippen LogP contribution in [0.15, 0.2) is 0 Å². The zero-order valence-corrected chi connectivity index (χ0v) is 6.85. The Morgan fingerprint density at radius 2 is 2.00 bits per heavy atom. The summed E-state index contributed by atoms with van der Waals surface area (Å²) in [6, 6.07) is 0.118. The van der Waals surface area contributed by atoms with Crippen LogP contribution in [0.25, 0.3) is 0 Å². The van der Waals surface area contributed by atoms with E-state index in [2.05, 4.69) is 20.8 Å². The van der Waals surface area contributed by atoms with Crippen molar-refractivity contribution in [1.82, 2.24) is 0 Å². The van der Waals surface area contributed by atoms with Crippen LogP contribution in [0.3, 0.4) is 0 Å². The molecule has 10 heavy (non-hydrogen) atoms. The van der Waals surface area contributed by atoms with Crippen LogP contribution in [0.5, 0.6) is 0 Å². The molecule has 0 amide bonds. The topological polar surface area (TPSA) is 43.1 Å². The summed E-state index contributed by atoms with van der Waals surface area (Å²) in [6.45, 7) is 6.19. The number of rotatable bonds is 0. The highest BCUT2D eigenvalue weighted by Crippen LogP contribution is 2.37. The fourth-order valence-electron chi connectivity index (χ4n) is 1.68. The molecular formula is C8H15NO. The highest BCUT2D eigenvalue weighted by atomic mass is 16.1. The van der Waals surface area contributed by atoms with Gasteiger partial charge in [0.2, 0.25) is 0 Å². The SMILES string of the molecule is CC(C)(C)[C@@H]1C(=O)C[C@H]1N. The van der Waals surface area contributed by atoms with Gasteiger partial charge in [0.05, 0.1) is 0 Å². The van der Waals surface area contributed by atoms with Gasteiger partial charge >= 0.3 is 0 Å². The average Bonchev–Trinajstić information content (AvgIpc) is 1.58. The quantitative estimate of drug-likeness (QED) is 0.545. The van der Waals surface area contributed by atoms with Gasteiger partial charge in [0.1, 0.15) is 5.78 Å². The van der Waals surface area contributed by atoms with Crippen LogP contribution in [-0.4, -0.2) is 11.8 Å². The lowest BCUT2D eigenvalue weighted by Gasteiger charge is -2.41. The summed E-state index contributed by atoms with van der Waals surface area (Å²) in [5.74, 6) is 0.438. The van der Waals surface area contributed by atoms with Crippen LogP contribution >= 0.6 is 0 Å². The third-order valence-corrected chi connectivity index (χ3v) is 2.14. The van der Waals surface area contributed by atoms with Crippen molar-refractivity contribution >= 4 is 5.78 Å². The minimum atomic E-state index is 0.0642. The third-order valence-electron chi connectivity index (χ3n) is 2.14. The zero-order chi connectivity index (χ0) is 7.94. The van der Waals surface area contributed by atoms with Crippen LogP contribution in [0.2, 0.25) is 0 Å². The summed E-state index contributed by atoms with van der Waals surface area (Å²) in [5.41, 5.74) is 5.74. The van der Waals surface area contributed by atoms with Gasteiger partial charge in [-0.05, 0) is 5.41 Å². The van der Waals surface area contributed by atoms with E-state index < -0.39 is 0 Å². The summed E-state index contributed by atoms with van der Waals surface area (Å²) in [6.07, 6.45) is 0.585. The minimum Gasteiger partial charge on any atom is -0.327 e. The number of ketones is 1. The summed E-state index contributed by atoms with van der Waals surface area (Å²) < 4.78 is 0. The Morgan fingerprint density at radius 1 is 1.50 bits per heavy atom. The molecule has 2 N–H and O–H groups in total. The summed E-state index contributed by atoms with van der Waals surface area (Å²) in [7, 11) is 0. The second kappa shape index (κ2) is 2.06. The van der Waals surface area contributed by atoms with Gasteiger partial charge in [0.25, 0.3) is 0 Å². The normalized spacial score (nSPS) is 33.8. The lowest BCUT2D eigenvalue weighted by molar-refractivity contribution is -0.135. The van der Waals surface area contributed by atoms with Gasteiger partial charge in [-0.1, -0.05) is 20.8 Å². The van der Waals surface area contributed by atoms with Crippen LogP contribution in [0.4, 0.5) is 0 Å². The van der Waals surface area contributed by atoms with Crippen molar-refractivity contribution in [2.45, 2.75) is 33.2 Å². The van der Waals surface area contributed by atoms with Crippen molar-refractivity contribution in [2.24, 2.45) is 17.1 Å². The Labute approximate surface area is 61.8 Å². The number of nitrogens with two attached hydrogens (primary N) is 1. The lowest BCUT2D eigenvalue weighted by Crippen LogP contribution is -2.53. The number of carbonyl (C=O) groups excluding carboxylic acids is 1. The minimum absolute atomic E-state index is 0.0642. The lowest BCUT2D eigenvalue weighted by atomic mass is 9.64. The number of Topliss-reactive ketones (excluding diaryl/α,β-unsaturated/α-hetero) is 1. The van der Waals surface area contributed by atoms with E-state index in [4.69, 9.17) is 5.73 Å². The first kappa shape index (κ1) is 7.73. The van der Waals surface area contributed by atoms with E-state index in [9.17, 15) is 4.79 Å². The van der Waals surface area contributed by atoms with Gasteiger partial charge in [-0.15, -0.1) is 0 Å². The molecule has 0 heterocycles. The average molecular weight is 141 g/mol. The van der Waals surface area contributed by atoms with Crippen molar-refractivity contribution in [3.05, 3.63) is 0 Å². The van der Waals surface area contributed by atoms with E-state index in [1.807, 2.05) is 0 Å². The summed E-state index contributed by atoms with van der Waals surface area (Å²) in [4.78, 5) is 11.0. The van der Waals surface area contributed by atoms with Crippen LogP contribution in [0, 0.1) is 11.3 Å². The van der Waals surface area contributed by atoms with Gasteiger partial charge in [-0.3, -0.25) is 4.79 Å². The Hall–Kier alpha value is -0.370.